The van der Waals surface area contributed by atoms with Crippen LogP contribution in [-0.2, 0) is 0 Å². The summed E-state index contributed by atoms with van der Waals surface area (Å²) in [5.74, 6) is 1.93. The highest BCUT2D eigenvalue weighted by Crippen LogP contribution is 2.35. The Labute approximate surface area is 81.5 Å². The zero-order chi connectivity index (χ0) is 10.0. The van der Waals surface area contributed by atoms with Gasteiger partial charge in [0.15, 0.2) is 0 Å². The lowest BCUT2D eigenvalue weighted by molar-refractivity contribution is 0.0414. The Morgan fingerprint density at radius 3 is 2.00 bits per heavy atom. The average Bonchev–Trinajstić information content (AvgIpc) is 2.01. The van der Waals surface area contributed by atoms with E-state index in [0.29, 0.717) is 5.92 Å². The van der Waals surface area contributed by atoms with Gasteiger partial charge in [-0.2, -0.15) is 0 Å². The predicted octanol–water partition coefficient (Wildman–Crippen LogP) is 1.77. The molecular weight excluding hydrogens is 162 g/mol. The van der Waals surface area contributed by atoms with Crippen LogP contribution in [0.2, 0.25) is 0 Å². The average molecular weight is 185 g/mol. The molecule has 4 atom stereocenters. The number of hydrogen-bond acceptors (Lipinski definition) is 2. The maximum absolute atomic E-state index is 9.86. The van der Waals surface area contributed by atoms with Crippen molar-refractivity contribution in [2.24, 2.45) is 23.5 Å². The van der Waals surface area contributed by atoms with Crippen molar-refractivity contribution < 1.29 is 5.11 Å². The second kappa shape index (κ2) is 4.43. The lowest BCUT2D eigenvalue weighted by Crippen LogP contribution is -2.40. The molecule has 0 aliphatic heterocycles. The molecule has 0 spiro atoms. The second-order valence-corrected chi connectivity index (χ2v) is 5.03. The third kappa shape index (κ3) is 2.96. The van der Waals surface area contributed by atoms with Gasteiger partial charge in [-0.3, -0.25) is 0 Å². The SMILES string of the molecule is CC1CC(C)CC(C(O)[C@@H](C)N)C1. The molecule has 1 fully saturated rings. The van der Waals surface area contributed by atoms with Crippen molar-refractivity contribution in [2.45, 2.75) is 52.2 Å². The van der Waals surface area contributed by atoms with Crippen LogP contribution in [0.15, 0.2) is 0 Å². The second-order valence-electron chi connectivity index (χ2n) is 5.03. The molecule has 3 N–H and O–H groups in total. The van der Waals surface area contributed by atoms with Crippen LogP contribution in [0.5, 0.6) is 0 Å². The molecule has 1 rings (SSSR count). The Bertz CT molecular complexity index is 148. The van der Waals surface area contributed by atoms with Crippen LogP contribution in [0, 0.1) is 17.8 Å². The molecule has 0 heterocycles. The topological polar surface area (TPSA) is 46.2 Å². The number of aliphatic hydroxyl groups excluding tert-OH is 1. The van der Waals surface area contributed by atoms with Gasteiger partial charge >= 0.3 is 0 Å². The van der Waals surface area contributed by atoms with E-state index in [1.165, 1.54) is 6.42 Å². The molecule has 0 saturated heterocycles. The Hall–Kier alpha value is -0.0800. The number of aliphatic hydroxyl groups is 1. The van der Waals surface area contributed by atoms with E-state index in [0.717, 1.165) is 24.7 Å². The van der Waals surface area contributed by atoms with E-state index in [4.69, 9.17) is 5.73 Å². The van der Waals surface area contributed by atoms with Gasteiger partial charge in [0, 0.05) is 6.04 Å². The molecule has 1 saturated carbocycles. The van der Waals surface area contributed by atoms with Crippen LogP contribution in [0.25, 0.3) is 0 Å². The summed E-state index contributed by atoms with van der Waals surface area (Å²) in [5.41, 5.74) is 5.71. The first-order valence-electron chi connectivity index (χ1n) is 5.44. The fraction of sp³-hybridized carbons (Fsp3) is 1.00. The molecule has 0 aromatic carbocycles. The van der Waals surface area contributed by atoms with E-state index in [-0.39, 0.29) is 12.1 Å². The maximum atomic E-state index is 9.86. The molecule has 2 heteroatoms. The van der Waals surface area contributed by atoms with Crippen LogP contribution in [-0.4, -0.2) is 17.3 Å². The highest BCUT2D eigenvalue weighted by atomic mass is 16.3. The van der Waals surface area contributed by atoms with E-state index in [1.54, 1.807) is 0 Å². The van der Waals surface area contributed by atoms with Crippen molar-refractivity contribution in [1.82, 2.24) is 0 Å². The van der Waals surface area contributed by atoms with E-state index < -0.39 is 0 Å². The molecule has 0 amide bonds. The van der Waals surface area contributed by atoms with Crippen molar-refractivity contribution in [3.8, 4) is 0 Å². The van der Waals surface area contributed by atoms with Crippen LogP contribution < -0.4 is 5.73 Å². The molecule has 78 valence electrons. The Morgan fingerprint density at radius 1 is 1.15 bits per heavy atom. The standard InChI is InChI=1S/C11H23NO/c1-7-4-8(2)6-10(5-7)11(13)9(3)12/h7-11,13H,4-6,12H2,1-3H3/t7?,8?,9-,10?,11?/m1/s1. The molecule has 13 heavy (non-hydrogen) atoms. The van der Waals surface area contributed by atoms with E-state index in [1.807, 2.05) is 6.92 Å². The molecule has 3 unspecified atom stereocenters. The summed E-state index contributed by atoms with van der Waals surface area (Å²) in [5, 5.41) is 9.86. The van der Waals surface area contributed by atoms with Crippen molar-refractivity contribution in [3.05, 3.63) is 0 Å². The van der Waals surface area contributed by atoms with Crippen molar-refractivity contribution in [1.29, 1.82) is 0 Å². The van der Waals surface area contributed by atoms with Gasteiger partial charge in [-0.25, -0.2) is 0 Å². The fourth-order valence-electron chi connectivity index (χ4n) is 2.72. The number of rotatable bonds is 2. The molecule has 1 aliphatic rings. The molecular formula is C11H23NO. The Kier molecular flexibility index (Phi) is 3.74. The van der Waals surface area contributed by atoms with Crippen molar-refractivity contribution in [3.63, 3.8) is 0 Å². The first-order chi connectivity index (χ1) is 6.00. The van der Waals surface area contributed by atoms with Gasteiger partial charge in [-0.15, -0.1) is 0 Å². The molecule has 1 aliphatic carbocycles. The molecule has 0 aromatic heterocycles. The smallest absolute Gasteiger partial charge is 0.0716 e. The quantitative estimate of drug-likeness (QED) is 0.688. The van der Waals surface area contributed by atoms with Gasteiger partial charge in [0.05, 0.1) is 6.10 Å². The Morgan fingerprint density at radius 2 is 1.62 bits per heavy atom. The minimum Gasteiger partial charge on any atom is -0.391 e. The molecule has 0 bridgehead atoms. The summed E-state index contributed by atoms with van der Waals surface area (Å²) in [6.45, 7) is 6.45. The highest BCUT2D eigenvalue weighted by Gasteiger charge is 2.30. The van der Waals surface area contributed by atoms with E-state index in [2.05, 4.69) is 13.8 Å². The third-order valence-electron chi connectivity index (χ3n) is 3.24. The van der Waals surface area contributed by atoms with Gasteiger partial charge in [-0.1, -0.05) is 13.8 Å². The normalized spacial score (nSPS) is 39.9. The summed E-state index contributed by atoms with van der Waals surface area (Å²) in [7, 11) is 0. The summed E-state index contributed by atoms with van der Waals surface area (Å²) in [4.78, 5) is 0. The zero-order valence-electron chi connectivity index (χ0n) is 9.03. The van der Waals surface area contributed by atoms with Crippen molar-refractivity contribution in [2.75, 3.05) is 0 Å². The van der Waals surface area contributed by atoms with Gasteiger partial charge < -0.3 is 10.8 Å². The highest BCUT2D eigenvalue weighted by molar-refractivity contribution is 4.83. The summed E-state index contributed by atoms with van der Waals surface area (Å²) < 4.78 is 0. The minimum atomic E-state index is -0.301. The zero-order valence-corrected chi connectivity index (χ0v) is 9.03. The molecule has 0 radical (unpaired) electrons. The molecule has 0 aromatic rings. The van der Waals surface area contributed by atoms with Crippen molar-refractivity contribution >= 4 is 0 Å². The molecule has 2 nitrogen and oxygen atoms in total. The minimum absolute atomic E-state index is 0.0810. The Balaban J connectivity index is 2.49. The number of nitrogens with two attached hydrogens (primary N) is 1. The lowest BCUT2D eigenvalue weighted by atomic mass is 9.73. The number of hydrogen-bond donors (Lipinski definition) is 2. The summed E-state index contributed by atoms with van der Waals surface area (Å²) >= 11 is 0. The van der Waals surface area contributed by atoms with Gasteiger partial charge in [0.2, 0.25) is 0 Å². The van der Waals surface area contributed by atoms with Crippen LogP contribution in [0.3, 0.4) is 0 Å². The van der Waals surface area contributed by atoms with Crippen LogP contribution in [0.4, 0.5) is 0 Å². The first kappa shape index (κ1) is 11.0. The third-order valence-corrected chi connectivity index (χ3v) is 3.24. The fourth-order valence-corrected chi connectivity index (χ4v) is 2.72. The predicted molar refractivity (Wildman–Crippen MR) is 55.3 cm³/mol. The largest absolute Gasteiger partial charge is 0.391 e. The van der Waals surface area contributed by atoms with Crippen LogP contribution >= 0.6 is 0 Å². The monoisotopic (exact) mass is 185 g/mol. The van der Waals surface area contributed by atoms with Gasteiger partial charge in [0.25, 0.3) is 0 Å². The van der Waals surface area contributed by atoms with Gasteiger partial charge in [-0.05, 0) is 43.9 Å². The van der Waals surface area contributed by atoms with Crippen LogP contribution in [0.1, 0.15) is 40.0 Å². The van der Waals surface area contributed by atoms with E-state index >= 15 is 0 Å². The summed E-state index contributed by atoms with van der Waals surface area (Å²) in [6.07, 6.45) is 3.30. The first-order valence-corrected chi connectivity index (χ1v) is 5.44. The van der Waals surface area contributed by atoms with Gasteiger partial charge in [0.1, 0.15) is 0 Å². The maximum Gasteiger partial charge on any atom is 0.0716 e. The lowest BCUT2D eigenvalue weighted by Gasteiger charge is -2.35. The summed E-state index contributed by atoms with van der Waals surface area (Å²) in [6, 6.07) is -0.0810. The van der Waals surface area contributed by atoms with E-state index in [9.17, 15) is 5.11 Å².